The number of aliphatic hydroxyl groups excluding tert-OH is 1. The van der Waals surface area contributed by atoms with E-state index in [1.54, 1.807) is 6.07 Å². The lowest BCUT2D eigenvalue weighted by Gasteiger charge is -2.21. The van der Waals surface area contributed by atoms with Gasteiger partial charge in [-0.05, 0) is 12.5 Å². The molecule has 0 radical (unpaired) electrons. The zero-order valence-corrected chi connectivity index (χ0v) is 7.69. The second-order valence-corrected chi connectivity index (χ2v) is 3.10. The Bertz CT molecular complexity index is 335. The number of rotatable bonds is 2. The highest BCUT2D eigenvalue weighted by molar-refractivity contribution is 5.52. The van der Waals surface area contributed by atoms with E-state index in [2.05, 4.69) is 0 Å². The van der Waals surface area contributed by atoms with Crippen LogP contribution in [0.5, 0.6) is 17.2 Å². The molecule has 14 heavy (non-hydrogen) atoms. The van der Waals surface area contributed by atoms with E-state index < -0.39 is 0 Å². The number of phenols is 1. The quantitative estimate of drug-likeness (QED) is 0.731. The van der Waals surface area contributed by atoms with Crippen LogP contribution in [0.4, 0.5) is 0 Å². The van der Waals surface area contributed by atoms with Gasteiger partial charge in [0.05, 0.1) is 0 Å². The number of hydrogen-bond donors (Lipinski definition) is 2. The number of benzene rings is 1. The Kier molecular flexibility index (Phi) is 2.45. The van der Waals surface area contributed by atoms with E-state index in [0.717, 1.165) is 5.56 Å². The molecule has 1 heterocycles. The van der Waals surface area contributed by atoms with Gasteiger partial charge in [0.25, 0.3) is 0 Å². The second kappa shape index (κ2) is 3.75. The number of ether oxygens (including phenoxy) is 2. The van der Waals surface area contributed by atoms with Crippen LogP contribution >= 0.6 is 0 Å². The van der Waals surface area contributed by atoms with Gasteiger partial charge in [0.2, 0.25) is 0 Å². The summed E-state index contributed by atoms with van der Waals surface area (Å²) in [6.07, 6.45) is 0.458. The average molecular weight is 196 g/mol. The molecule has 0 amide bonds. The van der Waals surface area contributed by atoms with Crippen LogP contribution < -0.4 is 9.47 Å². The van der Waals surface area contributed by atoms with Gasteiger partial charge in [0.1, 0.15) is 19.0 Å². The van der Waals surface area contributed by atoms with Gasteiger partial charge >= 0.3 is 0 Å². The fraction of sp³-hybridized carbons (Fsp3) is 0.400. The van der Waals surface area contributed by atoms with Crippen molar-refractivity contribution in [2.45, 2.75) is 6.42 Å². The molecule has 4 heteroatoms. The van der Waals surface area contributed by atoms with Crippen LogP contribution in [-0.2, 0) is 6.42 Å². The summed E-state index contributed by atoms with van der Waals surface area (Å²) in [5, 5.41) is 18.2. The first-order valence-corrected chi connectivity index (χ1v) is 4.53. The Hall–Kier alpha value is -1.42. The van der Waals surface area contributed by atoms with Crippen molar-refractivity contribution in [2.24, 2.45) is 0 Å². The molecule has 2 rings (SSSR count). The summed E-state index contributed by atoms with van der Waals surface area (Å²) in [6.45, 7) is 1.03. The van der Waals surface area contributed by atoms with Crippen LogP contribution in [0, 0.1) is 0 Å². The van der Waals surface area contributed by atoms with Crippen molar-refractivity contribution < 1.29 is 19.7 Å². The first kappa shape index (κ1) is 9.15. The maximum atomic E-state index is 9.38. The van der Waals surface area contributed by atoms with Crippen molar-refractivity contribution >= 4 is 0 Å². The number of phenolic OH excluding ortho intramolecular Hbond substituents is 1. The molecule has 0 aromatic heterocycles. The molecule has 0 spiro atoms. The third-order valence-electron chi connectivity index (χ3n) is 2.08. The molecule has 0 saturated heterocycles. The topological polar surface area (TPSA) is 58.9 Å². The van der Waals surface area contributed by atoms with Crippen LogP contribution in [0.3, 0.4) is 0 Å². The van der Waals surface area contributed by atoms with Gasteiger partial charge < -0.3 is 19.7 Å². The average Bonchev–Trinajstić information content (AvgIpc) is 2.18. The molecule has 76 valence electrons. The van der Waals surface area contributed by atoms with E-state index in [4.69, 9.17) is 14.6 Å². The molecule has 0 fully saturated rings. The SMILES string of the molecule is OCCc1cc(O)cc2c1OCCO2. The highest BCUT2D eigenvalue weighted by Gasteiger charge is 2.16. The molecule has 2 N–H and O–H groups in total. The molecule has 1 aromatic rings. The second-order valence-electron chi connectivity index (χ2n) is 3.10. The van der Waals surface area contributed by atoms with Crippen LogP contribution in [0.2, 0.25) is 0 Å². The summed E-state index contributed by atoms with van der Waals surface area (Å²) in [6, 6.07) is 3.11. The van der Waals surface area contributed by atoms with E-state index in [1.165, 1.54) is 6.07 Å². The van der Waals surface area contributed by atoms with E-state index in [-0.39, 0.29) is 12.4 Å². The van der Waals surface area contributed by atoms with Gasteiger partial charge in [-0.2, -0.15) is 0 Å². The van der Waals surface area contributed by atoms with Gasteiger partial charge in [0, 0.05) is 18.2 Å². The van der Waals surface area contributed by atoms with E-state index in [1.807, 2.05) is 0 Å². The largest absolute Gasteiger partial charge is 0.508 e. The number of aliphatic hydroxyl groups is 1. The standard InChI is InChI=1S/C10H12O4/c11-2-1-7-5-8(12)6-9-10(7)14-4-3-13-9/h5-6,11-12H,1-4H2. The minimum Gasteiger partial charge on any atom is -0.508 e. The maximum absolute atomic E-state index is 9.38. The first-order valence-electron chi connectivity index (χ1n) is 4.53. The normalized spacial score (nSPS) is 14.1. The first-order chi connectivity index (χ1) is 6.81. The van der Waals surface area contributed by atoms with Crippen molar-refractivity contribution in [3.8, 4) is 17.2 Å². The van der Waals surface area contributed by atoms with Crippen molar-refractivity contribution in [3.05, 3.63) is 17.7 Å². The Morgan fingerprint density at radius 3 is 2.79 bits per heavy atom. The third kappa shape index (κ3) is 1.61. The van der Waals surface area contributed by atoms with Gasteiger partial charge in [-0.1, -0.05) is 0 Å². The maximum Gasteiger partial charge on any atom is 0.165 e. The summed E-state index contributed by atoms with van der Waals surface area (Å²) in [5.41, 5.74) is 0.780. The Morgan fingerprint density at radius 2 is 2.00 bits per heavy atom. The molecule has 0 saturated carbocycles. The summed E-state index contributed by atoms with van der Waals surface area (Å²) in [5.74, 6) is 1.33. The Morgan fingerprint density at radius 1 is 1.21 bits per heavy atom. The van der Waals surface area contributed by atoms with Crippen LogP contribution in [0.15, 0.2) is 12.1 Å². The molecule has 1 aliphatic heterocycles. The minimum atomic E-state index is 0.0270. The highest BCUT2D eigenvalue weighted by Crippen LogP contribution is 2.37. The molecule has 0 bridgehead atoms. The molecule has 0 aliphatic carbocycles. The predicted octanol–water partition coefficient (Wildman–Crippen LogP) is 0.698. The van der Waals surface area contributed by atoms with E-state index >= 15 is 0 Å². The fourth-order valence-electron chi connectivity index (χ4n) is 1.52. The van der Waals surface area contributed by atoms with Crippen molar-refractivity contribution in [1.82, 2.24) is 0 Å². The third-order valence-corrected chi connectivity index (χ3v) is 2.08. The zero-order chi connectivity index (χ0) is 9.97. The summed E-state index contributed by atoms with van der Waals surface area (Å²) >= 11 is 0. The molecule has 0 atom stereocenters. The van der Waals surface area contributed by atoms with Crippen molar-refractivity contribution in [1.29, 1.82) is 0 Å². The number of hydrogen-bond acceptors (Lipinski definition) is 4. The van der Waals surface area contributed by atoms with E-state index in [0.29, 0.717) is 31.1 Å². The smallest absolute Gasteiger partial charge is 0.165 e. The zero-order valence-electron chi connectivity index (χ0n) is 7.69. The van der Waals surface area contributed by atoms with Crippen LogP contribution in [0.1, 0.15) is 5.56 Å². The highest BCUT2D eigenvalue weighted by atomic mass is 16.6. The fourth-order valence-corrected chi connectivity index (χ4v) is 1.52. The lowest BCUT2D eigenvalue weighted by Crippen LogP contribution is -2.16. The summed E-state index contributed by atoms with van der Waals surface area (Å²) in [7, 11) is 0. The molecular formula is C10H12O4. The van der Waals surface area contributed by atoms with Gasteiger partial charge in [-0.25, -0.2) is 0 Å². The van der Waals surface area contributed by atoms with Gasteiger partial charge in [-0.3, -0.25) is 0 Å². The lowest BCUT2D eigenvalue weighted by atomic mass is 10.1. The summed E-state index contributed by atoms with van der Waals surface area (Å²) < 4.78 is 10.7. The minimum absolute atomic E-state index is 0.0270. The van der Waals surface area contributed by atoms with Crippen molar-refractivity contribution in [2.75, 3.05) is 19.8 Å². The number of aromatic hydroxyl groups is 1. The number of fused-ring (bicyclic) bond motifs is 1. The Balaban J connectivity index is 2.41. The van der Waals surface area contributed by atoms with Gasteiger partial charge in [0.15, 0.2) is 11.5 Å². The van der Waals surface area contributed by atoms with Crippen LogP contribution in [-0.4, -0.2) is 30.0 Å². The Labute approximate surface area is 81.7 Å². The molecule has 4 nitrogen and oxygen atoms in total. The van der Waals surface area contributed by atoms with Crippen molar-refractivity contribution in [3.63, 3.8) is 0 Å². The lowest BCUT2D eigenvalue weighted by molar-refractivity contribution is 0.168. The summed E-state index contributed by atoms with van der Waals surface area (Å²) in [4.78, 5) is 0. The molecule has 1 aromatic carbocycles. The molecule has 0 unspecified atom stereocenters. The van der Waals surface area contributed by atoms with Gasteiger partial charge in [-0.15, -0.1) is 0 Å². The van der Waals surface area contributed by atoms with E-state index in [9.17, 15) is 5.11 Å². The molecular weight excluding hydrogens is 184 g/mol. The monoisotopic (exact) mass is 196 g/mol. The predicted molar refractivity (Wildman–Crippen MR) is 49.9 cm³/mol. The molecule has 1 aliphatic rings. The van der Waals surface area contributed by atoms with Crippen LogP contribution in [0.25, 0.3) is 0 Å².